The molecule has 1 N–H and O–H groups in total. The summed E-state index contributed by atoms with van der Waals surface area (Å²) in [6, 6.07) is 1.93. The molecule has 3 fully saturated rings. The van der Waals surface area contributed by atoms with E-state index in [4.69, 9.17) is 4.74 Å². The monoisotopic (exact) mass is 219 g/mol. The Morgan fingerprint density at radius 3 is 3.12 bits per heavy atom. The summed E-state index contributed by atoms with van der Waals surface area (Å²) >= 11 is 0. The second kappa shape index (κ2) is 3.04. The number of ether oxygens (including phenoxy) is 1. The molecule has 0 aromatic carbocycles. The number of hydrogen-bond acceptors (Lipinski definition) is 3. The third kappa shape index (κ3) is 1.02. The number of pyridine rings is 1. The maximum absolute atomic E-state index is 11.2. The lowest BCUT2D eigenvalue weighted by molar-refractivity contribution is -0.150. The van der Waals surface area contributed by atoms with Crippen LogP contribution in [-0.4, -0.2) is 28.8 Å². The Balaban J connectivity index is 2.07. The van der Waals surface area contributed by atoms with Gasteiger partial charge in [-0.2, -0.15) is 0 Å². The summed E-state index contributed by atoms with van der Waals surface area (Å²) in [6.07, 6.45) is 4.24. The molecule has 2 bridgehead atoms. The Kier molecular flexibility index (Phi) is 1.86. The standard InChI is InChI=1S/C12H13NO3/c1-7-2-3-13-5-8(7)12-4-9(16-6-12)10(12)11(14)15/h2-3,5,9-10H,4,6H2,1H3,(H,14,15)/t9-,10+,12-/m0/s1. The van der Waals surface area contributed by atoms with Crippen LogP contribution in [0.25, 0.3) is 0 Å². The van der Waals surface area contributed by atoms with Crippen LogP contribution in [0.3, 0.4) is 0 Å². The average Bonchev–Trinajstić information content (AvgIpc) is 2.75. The maximum atomic E-state index is 11.2. The number of aromatic nitrogens is 1. The van der Waals surface area contributed by atoms with Gasteiger partial charge in [0.25, 0.3) is 0 Å². The van der Waals surface area contributed by atoms with Gasteiger partial charge in [-0.3, -0.25) is 9.78 Å². The fraction of sp³-hybridized carbons (Fsp3) is 0.500. The Morgan fingerprint density at radius 1 is 1.69 bits per heavy atom. The van der Waals surface area contributed by atoms with Gasteiger partial charge in [-0.1, -0.05) is 0 Å². The number of aliphatic carboxylic acids is 1. The number of nitrogens with zero attached hydrogens (tertiary/aromatic N) is 1. The average molecular weight is 219 g/mol. The second-order valence-corrected chi connectivity index (χ2v) is 4.72. The van der Waals surface area contributed by atoms with Gasteiger partial charge in [0.1, 0.15) is 0 Å². The number of carbonyl (C=O) groups is 1. The fourth-order valence-corrected chi connectivity index (χ4v) is 3.09. The summed E-state index contributed by atoms with van der Waals surface area (Å²) < 4.78 is 5.50. The van der Waals surface area contributed by atoms with E-state index >= 15 is 0 Å². The highest BCUT2D eigenvalue weighted by Crippen LogP contribution is 2.56. The van der Waals surface area contributed by atoms with E-state index in [-0.39, 0.29) is 11.5 Å². The van der Waals surface area contributed by atoms with Crippen LogP contribution in [0.5, 0.6) is 0 Å². The molecular formula is C12H13NO3. The molecule has 0 radical (unpaired) electrons. The highest BCUT2D eigenvalue weighted by atomic mass is 16.5. The van der Waals surface area contributed by atoms with E-state index in [2.05, 4.69) is 4.98 Å². The maximum Gasteiger partial charge on any atom is 0.310 e. The summed E-state index contributed by atoms with van der Waals surface area (Å²) in [5.74, 6) is -1.15. The minimum absolute atomic E-state index is 0.0999. The molecule has 0 spiro atoms. The first-order chi connectivity index (χ1) is 7.65. The van der Waals surface area contributed by atoms with Crippen molar-refractivity contribution in [3.63, 3.8) is 0 Å². The number of fused-ring (bicyclic) bond motifs is 1. The molecule has 3 aliphatic rings. The van der Waals surface area contributed by atoms with E-state index in [0.29, 0.717) is 6.61 Å². The number of aryl methyl sites for hydroxylation is 1. The molecule has 1 aliphatic carbocycles. The topological polar surface area (TPSA) is 59.4 Å². The molecular weight excluding hydrogens is 206 g/mol. The SMILES string of the molecule is Cc1ccncc1[C@@]12CO[C@@H](C1)[C@@H]2C(=O)O. The predicted octanol–water partition coefficient (Wildman–Crippen LogP) is 1.13. The van der Waals surface area contributed by atoms with E-state index in [9.17, 15) is 9.90 Å². The van der Waals surface area contributed by atoms with Gasteiger partial charge in [0.15, 0.2) is 0 Å². The molecule has 1 aromatic rings. The van der Waals surface area contributed by atoms with Gasteiger partial charge in [-0.25, -0.2) is 0 Å². The van der Waals surface area contributed by atoms with Crippen LogP contribution < -0.4 is 0 Å². The van der Waals surface area contributed by atoms with Crippen LogP contribution in [0.15, 0.2) is 18.5 Å². The third-order valence-corrected chi connectivity index (χ3v) is 3.93. The van der Waals surface area contributed by atoms with Gasteiger partial charge in [-0.15, -0.1) is 0 Å². The van der Waals surface area contributed by atoms with Gasteiger partial charge in [0.2, 0.25) is 0 Å². The molecule has 4 rings (SSSR count). The first-order valence-electron chi connectivity index (χ1n) is 5.41. The zero-order chi connectivity index (χ0) is 11.3. The zero-order valence-corrected chi connectivity index (χ0v) is 9.01. The molecule has 84 valence electrons. The van der Waals surface area contributed by atoms with Crippen molar-refractivity contribution in [2.24, 2.45) is 5.92 Å². The zero-order valence-electron chi connectivity index (χ0n) is 9.01. The Morgan fingerprint density at radius 2 is 2.50 bits per heavy atom. The van der Waals surface area contributed by atoms with Crippen LogP contribution in [0.1, 0.15) is 17.5 Å². The Bertz CT molecular complexity index is 455. The van der Waals surface area contributed by atoms with Crippen molar-refractivity contribution in [3.05, 3.63) is 29.6 Å². The number of carboxylic acids is 1. The van der Waals surface area contributed by atoms with E-state index in [0.717, 1.165) is 17.5 Å². The summed E-state index contributed by atoms with van der Waals surface area (Å²) in [5.41, 5.74) is 1.82. The molecule has 1 aromatic heterocycles. The lowest BCUT2D eigenvalue weighted by Gasteiger charge is -2.42. The summed E-state index contributed by atoms with van der Waals surface area (Å²) in [7, 11) is 0. The van der Waals surface area contributed by atoms with E-state index < -0.39 is 11.9 Å². The van der Waals surface area contributed by atoms with Crippen LogP contribution in [0, 0.1) is 12.8 Å². The lowest BCUT2D eigenvalue weighted by Crippen LogP contribution is -2.52. The van der Waals surface area contributed by atoms with Gasteiger partial charge in [0.05, 0.1) is 18.6 Å². The van der Waals surface area contributed by atoms with Crippen molar-refractivity contribution in [2.45, 2.75) is 24.9 Å². The van der Waals surface area contributed by atoms with Crippen LogP contribution >= 0.6 is 0 Å². The summed E-state index contributed by atoms with van der Waals surface area (Å²) in [4.78, 5) is 15.3. The van der Waals surface area contributed by atoms with Crippen molar-refractivity contribution in [3.8, 4) is 0 Å². The van der Waals surface area contributed by atoms with Crippen LogP contribution in [0.2, 0.25) is 0 Å². The molecule has 0 unspecified atom stereocenters. The number of carboxylic acid groups (broad SMARTS) is 1. The van der Waals surface area contributed by atoms with Crippen molar-refractivity contribution in [1.82, 2.24) is 4.98 Å². The second-order valence-electron chi connectivity index (χ2n) is 4.72. The van der Waals surface area contributed by atoms with E-state index in [1.807, 2.05) is 13.0 Å². The molecule has 2 saturated heterocycles. The molecule has 0 amide bonds. The first-order valence-corrected chi connectivity index (χ1v) is 5.41. The highest BCUT2D eigenvalue weighted by molar-refractivity contribution is 5.76. The summed E-state index contributed by atoms with van der Waals surface area (Å²) in [6.45, 7) is 2.51. The molecule has 4 heteroatoms. The lowest BCUT2D eigenvalue weighted by atomic mass is 9.57. The smallest absolute Gasteiger partial charge is 0.310 e. The Labute approximate surface area is 93.3 Å². The van der Waals surface area contributed by atoms with Gasteiger partial charge >= 0.3 is 5.97 Å². The Hall–Kier alpha value is -1.42. The van der Waals surface area contributed by atoms with Crippen LogP contribution in [0.4, 0.5) is 0 Å². The molecule has 16 heavy (non-hydrogen) atoms. The number of hydrogen-bond donors (Lipinski definition) is 1. The molecule has 3 atom stereocenters. The minimum atomic E-state index is -0.753. The van der Waals surface area contributed by atoms with Gasteiger partial charge < -0.3 is 9.84 Å². The number of rotatable bonds is 2. The van der Waals surface area contributed by atoms with Crippen molar-refractivity contribution in [2.75, 3.05) is 6.61 Å². The normalized spacial score (nSPS) is 35.8. The molecule has 3 heterocycles. The summed E-state index contributed by atoms with van der Waals surface area (Å²) in [5, 5.41) is 9.23. The van der Waals surface area contributed by atoms with Gasteiger partial charge in [-0.05, 0) is 30.5 Å². The van der Waals surface area contributed by atoms with Gasteiger partial charge in [0, 0.05) is 17.8 Å². The van der Waals surface area contributed by atoms with Crippen molar-refractivity contribution in [1.29, 1.82) is 0 Å². The van der Waals surface area contributed by atoms with Crippen LogP contribution in [-0.2, 0) is 14.9 Å². The van der Waals surface area contributed by atoms with E-state index in [1.165, 1.54) is 0 Å². The van der Waals surface area contributed by atoms with Crippen molar-refractivity contribution < 1.29 is 14.6 Å². The fourth-order valence-electron chi connectivity index (χ4n) is 3.09. The largest absolute Gasteiger partial charge is 0.481 e. The minimum Gasteiger partial charge on any atom is -0.481 e. The molecule has 1 saturated carbocycles. The molecule has 2 aliphatic heterocycles. The first kappa shape index (κ1) is 9.78. The quantitative estimate of drug-likeness (QED) is 0.810. The third-order valence-electron chi connectivity index (χ3n) is 3.93. The van der Waals surface area contributed by atoms with Crippen molar-refractivity contribution >= 4 is 5.97 Å². The molecule has 4 nitrogen and oxygen atoms in total. The predicted molar refractivity (Wildman–Crippen MR) is 56.1 cm³/mol. The highest BCUT2D eigenvalue weighted by Gasteiger charge is 2.65. The van der Waals surface area contributed by atoms with E-state index in [1.54, 1.807) is 12.4 Å².